The van der Waals surface area contributed by atoms with Crippen molar-refractivity contribution in [3.63, 3.8) is 0 Å². The number of hydrogen-bond acceptors (Lipinski definition) is 1. The molecule has 0 fully saturated rings. The zero-order valence-corrected chi connectivity index (χ0v) is 9.41. The first-order chi connectivity index (χ1) is 7.40. The van der Waals surface area contributed by atoms with Crippen LogP contribution in [0.3, 0.4) is 0 Å². The molecule has 0 aliphatic rings. The van der Waals surface area contributed by atoms with E-state index in [9.17, 15) is 0 Å². The lowest BCUT2D eigenvalue weighted by Crippen LogP contribution is -1.96. The average Bonchev–Trinajstić information content (AvgIpc) is 2.81. The van der Waals surface area contributed by atoms with Crippen molar-refractivity contribution in [3.8, 4) is 0 Å². The summed E-state index contributed by atoms with van der Waals surface area (Å²) >= 11 is 1.80. The molecule has 2 rings (SSSR count). The first-order valence-corrected chi connectivity index (χ1v) is 5.98. The van der Waals surface area contributed by atoms with Gasteiger partial charge in [-0.2, -0.15) is 0 Å². The molecule has 2 aromatic rings. The first-order valence-electron chi connectivity index (χ1n) is 5.10. The maximum atomic E-state index is 3.92. The highest BCUT2D eigenvalue weighted by Crippen LogP contribution is 2.25. The Morgan fingerprint density at radius 3 is 2.53 bits per heavy atom. The molecule has 1 heteroatoms. The molecule has 0 aliphatic carbocycles. The van der Waals surface area contributed by atoms with Gasteiger partial charge < -0.3 is 0 Å². The van der Waals surface area contributed by atoms with Gasteiger partial charge in [-0.25, -0.2) is 0 Å². The van der Waals surface area contributed by atoms with Crippen LogP contribution in [0.25, 0.3) is 0 Å². The third-order valence-corrected chi connectivity index (χ3v) is 3.50. The van der Waals surface area contributed by atoms with Gasteiger partial charge in [-0.15, -0.1) is 17.9 Å². The molecule has 0 amide bonds. The van der Waals surface area contributed by atoms with Gasteiger partial charge in [0.2, 0.25) is 0 Å². The summed E-state index contributed by atoms with van der Waals surface area (Å²) in [6.45, 7) is 3.92. The minimum atomic E-state index is 0.451. The quantitative estimate of drug-likeness (QED) is 0.667. The summed E-state index contributed by atoms with van der Waals surface area (Å²) in [5.41, 5.74) is 1.37. The zero-order valence-electron chi connectivity index (χ0n) is 8.60. The summed E-state index contributed by atoms with van der Waals surface area (Å²) < 4.78 is 0. The van der Waals surface area contributed by atoms with E-state index in [1.165, 1.54) is 10.4 Å². The Balaban J connectivity index is 2.13. The second-order valence-electron chi connectivity index (χ2n) is 3.55. The van der Waals surface area contributed by atoms with Gasteiger partial charge in [-0.05, 0) is 23.4 Å². The van der Waals surface area contributed by atoms with E-state index in [2.05, 4.69) is 54.4 Å². The summed E-state index contributed by atoms with van der Waals surface area (Å²) in [5.74, 6) is 0.451. The van der Waals surface area contributed by atoms with E-state index in [-0.39, 0.29) is 0 Å². The van der Waals surface area contributed by atoms with E-state index in [0.29, 0.717) is 5.92 Å². The van der Waals surface area contributed by atoms with Crippen molar-refractivity contribution in [1.29, 1.82) is 0 Å². The molecule has 1 atom stereocenters. The van der Waals surface area contributed by atoms with Crippen LogP contribution >= 0.6 is 11.3 Å². The van der Waals surface area contributed by atoms with Gasteiger partial charge >= 0.3 is 0 Å². The van der Waals surface area contributed by atoms with Gasteiger partial charge in [0.25, 0.3) is 0 Å². The van der Waals surface area contributed by atoms with Crippen LogP contribution in [0.15, 0.2) is 60.5 Å². The Hall–Kier alpha value is -1.34. The summed E-state index contributed by atoms with van der Waals surface area (Å²) in [6.07, 6.45) is 3.09. The Labute approximate surface area is 94.9 Å². The molecule has 0 N–H and O–H groups in total. The van der Waals surface area contributed by atoms with E-state index in [0.717, 1.165) is 6.42 Å². The summed E-state index contributed by atoms with van der Waals surface area (Å²) in [5, 5.41) is 2.12. The predicted molar refractivity (Wildman–Crippen MR) is 67.4 cm³/mol. The second kappa shape index (κ2) is 4.94. The topological polar surface area (TPSA) is 0 Å². The molecule has 0 spiro atoms. The van der Waals surface area contributed by atoms with Crippen molar-refractivity contribution in [2.24, 2.45) is 0 Å². The average molecular weight is 214 g/mol. The molecule has 76 valence electrons. The lowest BCUT2D eigenvalue weighted by molar-refractivity contribution is 0.856. The van der Waals surface area contributed by atoms with Crippen molar-refractivity contribution < 1.29 is 0 Å². The minimum absolute atomic E-state index is 0.451. The monoisotopic (exact) mass is 214 g/mol. The molecule has 0 unspecified atom stereocenters. The molecular formula is C14H14S. The summed E-state index contributed by atoms with van der Waals surface area (Å²) in [7, 11) is 0. The van der Waals surface area contributed by atoms with Crippen molar-refractivity contribution in [3.05, 3.63) is 70.9 Å². The third-order valence-electron chi connectivity index (χ3n) is 2.49. The van der Waals surface area contributed by atoms with Crippen LogP contribution in [0, 0.1) is 0 Å². The van der Waals surface area contributed by atoms with E-state index in [1.807, 2.05) is 6.08 Å². The van der Waals surface area contributed by atoms with E-state index in [4.69, 9.17) is 0 Å². The number of rotatable bonds is 4. The number of hydrogen-bond donors (Lipinski definition) is 0. The molecule has 0 nitrogen and oxygen atoms in total. The zero-order chi connectivity index (χ0) is 10.5. The van der Waals surface area contributed by atoms with Crippen molar-refractivity contribution in [2.75, 3.05) is 0 Å². The van der Waals surface area contributed by atoms with Crippen LogP contribution in [0.5, 0.6) is 0 Å². The van der Waals surface area contributed by atoms with E-state index < -0.39 is 0 Å². The Morgan fingerprint density at radius 2 is 1.93 bits per heavy atom. The van der Waals surface area contributed by atoms with Crippen molar-refractivity contribution >= 4 is 11.3 Å². The minimum Gasteiger partial charge on any atom is -0.148 e. The van der Waals surface area contributed by atoms with Gasteiger partial charge in [0.15, 0.2) is 0 Å². The van der Waals surface area contributed by atoms with Crippen LogP contribution in [0.4, 0.5) is 0 Å². The standard InChI is InChI=1S/C14H14S/c1-2-13(14-9-6-10-15-14)11-12-7-4-3-5-8-12/h2-10,13H,1,11H2/t13-/m0/s1. The van der Waals surface area contributed by atoms with Crippen molar-refractivity contribution in [1.82, 2.24) is 0 Å². The molecule has 1 aromatic carbocycles. The molecule has 0 bridgehead atoms. The van der Waals surface area contributed by atoms with Crippen LogP contribution in [0.1, 0.15) is 16.4 Å². The largest absolute Gasteiger partial charge is 0.148 e. The fraction of sp³-hybridized carbons (Fsp3) is 0.143. The molecule has 1 aromatic heterocycles. The predicted octanol–water partition coefficient (Wildman–Crippen LogP) is 4.26. The highest BCUT2D eigenvalue weighted by molar-refractivity contribution is 7.10. The molecule has 0 saturated carbocycles. The van der Waals surface area contributed by atoms with E-state index >= 15 is 0 Å². The van der Waals surface area contributed by atoms with Gasteiger partial charge in [-0.1, -0.05) is 42.5 Å². The number of allylic oxidation sites excluding steroid dienone is 1. The number of thiophene rings is 1. The molecule has 0 radical (unpaired) electrons. The Morgan fingerprint density at radius 1 is 1.13 bits per heavy atom. The summed E-state index contributed by atoms with van der Waals surface area (Å²) in [6, 6.07) is 14.8. The fourth-order valence-corrected chi connectivity index (χ4v) is 2.50. The molecule has 15 heavy (non-hydrogen) atoms. The Kier molecular flexibility index (Phi) is 3.36. The lowest BCUT2D eigenvalue weighted by atomic mass is 9.98. The third kappa shape index (κ3) is 2.57. The van der Waals surface area contributed by atoms with Crippen LogP contribution < -0.4 is 0 Å². The fourth-order valence-electron chi connectivity index (χ4n) is 1.67. The molecule has 0 aliphatic heterocycles. The molecular weight excluding hydrogens is 200 g/mol. The van der Waals surface area contributed by atoms with Crippen LogP contribution in [-0.2, 0) is 6.42 Å². The van der Waals surface area contributed by atoms with Gasteiger partial charge in [0, 0.05) is 10.8 Å². The second-order valence-corrected chi connectivity index (χ2v) is 4.53. The van der Waals surface area contributed by atoms with Gasteiger partial charge in [0.05, 0.1) is 0 Å². The molecule has 0 saturated heterocycles. The van der Waals surface area contributed by atoms with Crippen LogP contribution in [0.2, 0.25) is 0 Å². The Bertz CT molecular complexity index is 400. The summed E-state index contributed by atoms with van der Waals surface area (Å²) in [4.78, 5) is 1.40. The number of benzene rings is 1. The van der Waals surface area contributed by atoms with Gasteiger partial charge in [-0.3, -0.25) is 0 Å². The van der Waals surface area contributed by atoms with Crippen molar-refractivity contribution in [2.45, 2.75) is 12.3 Å². The first kappa shape index (κ1) is 10.2. The highest BCUT2D eigenvalue weighted by Gasteiger charge is 2.08. The van der Waals surface area contributed by atoms with Crippen LogP contribution in [-0.4, -0.2) is 0 Å². The normalized spacial score (nSPS) is 12.3. The van der Waals surface area contributed by atoms with Gasteiger partial charge in [0.1, 0.15) is 0 Å². The SMILES string of the molecule is C=C[C@@H](Cc1ccccc1)c1cccs1. The van der Waals surface area contributed by atoms with E-state index in [1.54, 1.807) is 11.3 Å². The lowest BCUT2D eigenvalue weighted by Gasteiger charge is -2.10. The smallest absolute Gasteiger partial charge is 0.0150 e. The molecule has 1 heterocycles. The maximum absolute atomic E-state index is 3.92. The highest BCUT2D eigenvalue weighted by atomic mass is 32.1. The maximum Gasteiger partial charge on any atom is 0.0150 e.